The van der Waals surface area contributed by atoms with Crippen LogP contribution in [-0.2, 0) is 6.61 Å². The predicted octanol–water partition coefficient (Wildman–Crippen LogP) is 2.90. The van der Waals surface area contributed by atoms with Crippen LogP contribution < -0.4 is 10.5 Å². The van der Waals surface area contributed by atoms with Crippen molar-refractivity contribution in [3.63, 3.8) is 0 Å². The van der Waals surface area contributed by atoms with Gasteiger partial charge >= 0.3 is 0 Å². The molecule has 0 radical (unpaired) electrons. The van der Waals surface area contributed by atoms with E-state index in [1.54, 1.807) is 12.1 Å². The lowest BCUT2D eigenvalue weighted by Gasteiger charge is -2.10. The summed E-state index contributed by atoms with van der Waals surface area (Å²) in [7, 11) is 0. The minimum absolute atomic E-state index is 0.000917. The van der Waals surface area contributed by atoms with Gasteiger partial charge in [0.25, 0.3) is 0 Å². The van der Waals surface area contributed by atoms with Crippen LogP contribution in [0.1, 0.15) is 31.1 Å². The van der Waals surface area contributed by atoms with Crippen molar-refractivity contribution in [3.05, 3.63) is 46.2 Å². The maximum Gasteiger partial charge on any atom is 0.173 e. The molecule has 0 aliphatic heterocycles. The molecule has 6 nitrogen and oxygen atoms in total. The Morgan fingerprint density at radius 3 is 2.86 bits per heavy atom. The van der Waals surface area contributed by atoms with Gasteiger partial charge in [0.1, 0.15) is 12.4 Å². The Balaban J connectivity index is 2.15. The maximum absolute atomic E-state index is 8.83. The number of hydrogen-bond donors (Lipinski definition) is 2. The van der Waals surface area contributed by atoms with Gasteiger partial charge in [-0.05, 0) is 38.1 Å². The number of oxime groups is 1. The van der Waals surface area contributed by atoms with Crippen LogP contribution in [0.5, 0.6) is 5.75 Å². The summed E-state index contributed by atoms with van der Waals surface area (Å²) >= 11 is 3.35. The Hall–Kier alpha value is -2.02. The molecular formula is C14H17BrN4O2. The van der Waals surface area contributed by atoms with Gasteiger partial charge in [-0.25, -0.2) is 0 Å². The van der Waals surface area contributed by atoms with Gasteiger partial charge < -0.3 is 15.7 Å². The molecule has 1 aromatic carbocycles. The topological polar surface area (TPSA) is 85.7 Å². The quantitative estimate of drug-likeness (QED) is 0.375. The fraction of sp³-hybridized carbons (Fsp3) is 0.286. The molecule has 21 heavy (non-hydrogen) atoms. The summed E-state index contributed by atoms with van der Waals surface area (Å²) in [5.74, 6) is 0.534. The molecule has 0 spiro atoms. The van der Waals surface area contributed by atoms with Gasteiger partial charge in [0.05, 0.1) is 11.3 Å². The van der Waals surface area contributed by atoms with Crippen LogP contribution in [0.25, 0.3) is 0 Å². The predicted molar refractivity (Wildman–Crippen MR) is 83.6 cm³/mol. The zero-order valence-electron chi connectivity index (χ0n) is 11.8. The van der Waals surface area contributed by atoms with E-state index in [1.807, 2.05) is 23.0 Å². The second-order valence-electron chi connectivity index (χ2n) is 4.80. The molecule has 1 heterocycles. The summed E-state index contributed by atoms with van der Waals surface area (Å²) in [5.41, 5.74) is 7.00. The van der Waals surface area contributed by atoms with Crippen molar-refractivity contribution < 1.29 is 9.94 Å². The normalized spacial score (nSPS) is 11.9. The number of benzene rings is 1. The number of hydrogen-bond acceptors (Lipinski definition) is 4. The summed E-state index contributed by atoms with van der Waals surface area (Å²) in [4.78, 5) is 0. The monoisotopic (exact) mass is 352 g/mol. The highest BCUT2D eigenvalue weighted by atomic mass is 79.9. The lowest BCUT2D eigenvalue weighted by atomic mass is 10.2. The van der Waals surface area contributed by atoms with E-state index in [-0.39, 0.29) is 5.84 Å². The Labute approximate surface area is 131 Å². The second kappa shape index (κ2) is 6.62. The first-order valence-corrected chi connectivity index (χ1v) is 7.25. The molecule has 1 aromatic heterocycles. The average Bonchev–Trinajstić information content (AvgIpc) is 2.94. The van der Waals surface area contributed by atoms with Crippen LogP contribution in [0.15, 0.2) is 40.1 Å². The van der Waals surface area contributed by atoms with Gasteiger partial charge in [-0.3, -0.25) is 4.68 Å². The summed E-state index contributed by atoms with van der Waals surface area (Å²) in [5, 5.41) is 16.3. The van der Waals surface area contributed by atoms with Crippen LogP contribution in [0.4, 0.5) is 0 Å². The first-order valence-electron chi connectivity index (χ1n) is 6.45. The molecule has 3 N–H and O–H groups in total. The molecule has 0 bridgehead atoms. The maximum atomic E-state index is 8.83. The first kappa shape index (κ1) is 15.4. The number of ether oxygens (including phenoxy) is 1. The third-order valence-corrected chi connectivity index (χ3v) is 3.39. The van der Waals surface area contributed by atoms with Crippen molar-refractivity contribution in [2.75, 3.05) is 0 Å². The van der Waals surface area contributed by atoms with Gasteiger partial charge in [-0.15, -0.1) is 0 Å². The molecule has 0 unspecified atom stereocenters. The third-order valence-electron chi connectivity index (χ3n) is 2.89. The number of nitrogens with zero attached hydrogens (tertiary/aromatic N) is 3. The molecule has 2 rings (SSSR count). The van der Waals surface area contributed by atoms with E-state index >= 15 is 0 Å². The fourth-order valence-electron chi connectivity index (χ4n) is 1.78. The Morgan fingerprint density at radius 1 is 1.48 bits per heavy atom. The molecule has 0 fully saturated rings. The zero-order valence-corrected chi connectivity index (χ0v) is 13.4. The second-order valence-corrected chi connectivity index (χ2v) is 5.71. The van der Waals surface area contributed by atoms with Crippen molar-refractivity contribution >= 4 is 21.8 Å². The molecule has 7 heteroatoms. The fourth-order valence-corrected chi connectivity index (χ4v) is 2.14. The van der Waals surface area contributed by atoms with Crippen LogP contribution >= 0.6 is 15.9 Å². The number of halogens is 1. The van der Waals surface area contributed by atoms with E-state index in [1.165, 1.54) is 0 Å². The zero-order chi connectivity index (χ0) is 15.4. The minimum atomic E-state index is -0.000917. The van der Waals surface area contributed by atoms with Crippen LogP contribution in [0.2, 0.25) is 0 Å². The van der Waals surface area contributed by atoms with E-state index < -0.39 is 0 Å². The summed E-state index contributed by atoms with van der Waals surface area (Å²) < 4.78 is 8.41. The average molecular weight is 353 g/mol. The molecular weight excluding hydrogens is 336 g/mol. The number of aromatic nitrogens is 2. The van der Waals surface area contributed by atoms with Crippen LogP contribution in [0, 0.1) is 0 Å². The molecule has 0 atom stereocenters. The van der Waals surface area contributed by atoms with Crippen LogP contribution in [-0.4, -0.2) is 20.8 Å². The molecule has 0 saturated heterocycles. The minimum Gasteiger partial charge on any atom is -0.486 e. The van der Waals surface area contributed by atoms with E-state index in [0.717, 1.165) is 10.2 Å². The van der Waals surface area contributed by atoms with Gasteiger partial charge in [-0.1, -0.05) is 21.1 Å². The number of rotatable bonds is 5. The van der Waals surface area contributed by atoms with Crippen molar-refractivity contribution in [2.24, 2.45) is 10.9 Å². The van der Waals surface area contributed by atoms with Gasteiger partial charge in [-0.2, -0.15) is 5.10 Å². The summed E-state index contributed by atoms with van der Waals surface area (Å²) in [6, 6.07) is 7.53. The first-order chi connectivity index (χ1) is 10.0. The Morgan fingerprint density at radius 2 is 2.24 bits per heavy atom. The SMILES string of the molecule is CC(C)n1ccc(COc2ccc(Br)cc2/C(N)=N/O)n1. The molecule has 0 aliphatic carbocycles. The molecule has 112 valence electrons. The Bertz CT molecular complexity index is 652. The van der Waals surface area contributed by atoms with E-state index in [9.17, 15) is 0 Å². The smallest absolute Gasteiger partial charge is 0.173 e. The van der Waals surface area contributed by atoms with Crippen molar-refractivity contribution in [3.8, 4) is 5.75 Å². The molecule has 0 saturated carbocycles. The van der Waals surface area contributed by atoms with Crippen molar-refractivity contribution in [2.45, 2.75) is 26.5 Å². The highest BCUT2D eigenvalue weighted by Crippen LogP contribution is 2.24. The van der Waals surface area contributed by atoms with Crippen molar-refractivity contribution in [1.82, 2.24) is 9.78 Å². The van der Waals surface area contributed by atoms with Gasteiger partial charge in [0.15, 0.2) is 5.84 Å². The highest BCUT2D eigenvalue weighted by molar-refractivity contribution is 9.10. The van der Waals surface area contributed by atoms with E-state index in [4.69, 9.17) is 15.7 Å². The number of nitrogens with two attached hydrogens (primary N) is 1. The molecule has 2 aromatic rings. The lowest BCUT2D eigenvalue weighted by molar-refractivity contribution is 0.296. The molecule has 0 aliphatic rings. The molecule has 0 amide bonds. The third kappa shape index (κ3) is 3.75. The van der Waals surface area contributed by atoms with Crippen LogP contribution in [0.3, 0.4) is 0 Å². The Kier molecular flexibility index (Phi) is 4.85. The van der Waals surface area contributed by atoms with Crippen molar-refractivity contribution in [1.29, 1.82) is 0 Å². The standard InChI is InChI=1S/C14H17BrN4O2/c1-9(2)19-6-5-11(17-19)8-21-13-4-3-10(15)7-12(13)14(16)18-20/h3-7,9,20H,8H2,1-2H3,(H2,16,18). The lowest BCUT2D eigenvalue weighted by Crippen LogP contribution is -2.15. The van der Waals surface area contributed by atoms with Gasteiger partial charge in [0.2, 0.25) is 0 Å². The number of amidine groups is 1. The largest absolute Gasteiger partial charge is 0.486 e. The van der Waals surface area contributed by atoms with E-state index in [2.05, 4.69) is 40.0 Å². The van der Waals surface area contributed by atoms with Gasteiger partial charge in [0, 0.05) is 16.7 Å². The summed E-state index contributed by atoms with van der Waals surface area (Å²) in [6.07, 6.45) is 1.91. The highest BCUT2D eigenvalue weighted by Gasteiger charge is 2.10. The van der Waals surface area contributed by atoms with E-state index in [0.29, 0.717) is 24.0 Å². The summed E-state index contributed by atoms with van der Waals surface area (Å²) in [6.45, 7) is 4.43.